The van der Waals surface area contributed by atoms with Crippen LogP contribution < -0.4 is 5.73 Å². The molecule has 1 heterocycles. The molecule has 1 unspecified atom stereocenters. The van der Waals surface area contributed by atoms with Crippen LogP contribution in [0.25, 0.3) is 0 Å². The molecule has 1 aromatic carbocycles. The Morgan fingerprint density at radius 3 is 2.33 bits per heavy atom. The van der Waals surface area contributed by atoms with E-state index in [1.807, 2.05) is 17.8 Å². The van der Waals surface area contributed by atoms with Crippen LogP contribution in [-0.2, 0) is 13.5 Å². The van der Waals surface area contributed by atoms with Crippen LogP contribution >= 0.6 is 0 Å². The quantitative estimate of drug-likeness (QED) is 0.897. The van der Waals surface area contributed by atoms with E-state index in [1.54, 1.807) is 6.20 Å². The third kappa shape index (κ3) is 2.79. The van der Waals surface area contributed by atoms with Crippen LogP contribution in [0.5, 0.6) is 0 Å². The van der Waals surface area contributed by atoms with Crippen molar-refractivity contribution in [2.24, 2.45) is 12.8 Å². The lowest BCUT2D eigenvalue weighted by atomic mass is 9.98. The van der Waals surface area contributed by atoms with Gasteiger partial charge in [-0.2, -0.15) is 5.10 Å². The summed E-state index contributed by atoms with van der Waals surface area (Å²) in [6.45, 7) is 4.41. The molecule has 0 bridgehead atoms. The molecule has 0 saturated heterocycles. The van der Waals surface area contributed by atoms with Crippen LogP contribution in [0.4, 0.5) is 0 Å². The first-order chi connectivity index (χ1) is 8.58. The Labute approximate surface area is 109 Å². The standard InChI is InChI=1S/C15H21N3/c1-11(2)13-6-4-12(5-7-13)10-14(16)15-8-9-17-18(15)3/h4-9,11,14H,10,16H2,1-3H3. The summed E-state index contributed by atoms with van der Waals surface area (Å²) in [5.74, 6) is 0.574. The van der Waals surface area contributed by atoms with E-state index in [9.17, 15) is 0 Å². The highest BCUT2D eigenvalue weighted by Crippen LogP contribution is 2.18. The first-order valence-electron chi connectivity index (χ1n) is 6.40. The lowest BCUT2D eigenvalue weighted by molar-refractivity contribution is 0.617. The average Bonchev–Trinajstić information content (AvgIpc) is 2.76. The van der Waals surface area contributed by atoms with E-state index in [2.05, 4.69) is 43.2 Å². The van der Waals surface area contributed by atoms with E-state index in [0.717, 1.165) is 12.1 Å². The predicted octanol–water partition coefficient (Wildman–Crippen LogP) is 2.79. The van der Waals surface area contributed by atoms with Crippen LogP contribution in [0.15, 0.2) is 36.5 Å². The van der Waals surface area contributed by atoms with Gasteiger partial charge < -0.3 is 5.73 Å². The Balaban J connectivity index is 2.08. The van der Waals surface area contributed by atoms with Gasteiger partial charge in [-0.3, -0.25) is 4.68 Å². The van der Waals surface area contributed by atoms with Crippen molar-refractivity contribution in [2.45, 2.75) is 32.2 Å². The van der Waals surface area contributed by atoms with Crippen molar-refractivity contribution in [1.82, 2.24) is 9.78 Å². The maximum atomic E-state index is 6.21. The first-order valence-corrected chi connectivity index (χ1v) is 6.40. The highest BCUT2D eigenvalue weighted by molar-refractivity contribution is 5.26. The molecule has 2 aromatic rings. The van der Waals surface area contributed by atoms with Gasteiger partial charge in [0.2, 0.25) is 0 Å². The molecule has 0 spiro atoms. The molecule has 3 nitrogen and oxygen atoms in total. The summed E-state index contributed by atoms with van der Waals surface area (Å²) < 4.78 is 1.84. The lowest BCUT2D eigenvalue weighted by Gasteiger charge is -2.13. The predicted molar refractivity (Wildman–Crippen MR) is 74.4 cm³/mol. The number of nitrogens with zero attached hydrogens (tertiary/aromatic N) is 2. The second kappa shape index (κ2) is 5.36. The number of benzene rings is 1. The van der Waals surface area contributed by atoms with Gasteiger partial charge in [-0.15, -0.1) is 0 Å². The average molecular weight is 243 g/mol. The molecule has 2 rings (SSSR count). The number of aromatic nitrogens is 2. The molecular weight excluding hydrogens is 222 g/mol. The molecular formula is C15H21N3. The molecule has 3 heteroatoms. The molecule has 1 atom stereocenters. The second-order valence-electron chi connectivity index (χ2n) is 5.09. The van der Waals surface area contributed by atoms with Gasteiger partial charge in [0.15, 0.2) is 0 Å². The topological polar surface area (TPSA) is 43.8 Å². The molecule has 0 fully saturated rings. The molecule has 2 N–H and O–H groups in total. The van der Waals surface area contributed by atoms with Crippen molar-refractivity contribution in [3.8, 4) is 0 Å². The van der Waals surface area contributed by atoms with Crippen LogP contribution in [0, 0.1) is 0 Å². The summed E-state index contributed by atoms with van der Waals surface area (Å²) >= 11 is 0. The number of nitrogens with two attached hydrogens (primary N) is 1. The molecule has 0 aliphatic rings. The summed E-state index contributed by atoms with van der Waals surface area (Å²) in [6.07, 6.45) is 2.63. The van der Waals surface area contributed by atoms with Crippen molar-refractivity contribution in [3.05, 3.63) is 53.3 Å². The highest BCUT2D eigenvalue weighted by Gasteiger charge is 2.10. The summed E-state index contributed by atoms with van der Waals surface area (Å²) in [5, 5.41) is 4.15. The van der Waals surface area contributed by atoms with Crippen LogP contribution in [0.1, 0.15) is 42.6 Å². The summed E-state index contributed by atoms with van der Waals surface area (Å²) in [6, 6.07) is 10.7. The molecule has 0 saturated carbocycles. The molecule has 0 radical (unpaired) electrons. The molecule has 1 aromatic heterocycles. The lowest BCUT2D eigenvalue weighted by Crippen LogP contribution is -2.17. The van der Waals surface area contributed by atoms with Crippen molar-refractivity contribution in [1.29, 1.82) is 0 Å². The van der Waals surface area contributed by atoms with E-state index in [4.69, 9.17) is 5.73 Å². The van der Waals surface area contributed by atoms with Gasteiger partial charge in [0.25, 0.3) is 0 Å². The summed E-state index contributed by atoms with van der Waals surface area (Å²) in [5.41, 5.74) is 9.92. The number of aryl methyl sites for hydroxylation is 1. The van der Waals surface area contributed by atoms with E-state index >= 15 is 0 Å². The molecule has 18 heavy (non-hydrogen) atoms. The Hall–Kier alpha value is -1.61. The van der Waals surface area contributed by atoms with E-state index in [1.165, 1.54) is 11.1 Å². The monoisotopic (exact) mass is 243 g/mol. The normalized spacial score (nSPS) is 12.9. The zero-order valence-corrected chi connectivity index (χ0v) is 11.3. The van der Waals surface area contributed by atoms with Gasteiger partial charge in [-0.05, 0) is 29.5 Å². The van der Waals surface area contributed by atoms with Crippen LogP contribution in [-0.4, -0.2) is 9.78 Å². The molecule has 0 aliphatic carbocycles. The highest BCUT2D eigenvalue weighted by atomic mass is 15.3. The van der Waals surface area contributed by atoms with Crippen molar-refractivity contribution in [2.75, 3.05) is 0 Å². The fourth-order valence-corrected chi connectivity index (χ4v) is 2.14. The van der Waals surface area contributed by atoms with Crippen LogP contribution in [0.2, 0.25) is 0 Å². The zero-order chi connectivity index (χ0) is 13.1. The van der Waals surface area contributed by atoms with Crippen molar-refractivity contribution in [3.63, 3.8) is 0 Å². The number of hydrogen-bond donors (Lipinski definition) is 1. The number of hydrogen-bond acceptors (Lipinski definition) is 2. The first kappa shape index (κ1) is 12.8. The smallest absolute Gasteiger partial charge is 0.0551 e. The Bertz CT molecular complexity index is 497. The van der Waals surface area contributed by atoms with Gasteiger partial charge in [-0.1, -0.05) is 38.1 Å². The molecule has 0 amide bonds. The van der Waals surface area contributed by atoms with Gasteiger partial charge in [-0.25, -0.2) is 0 Å². The van der Waals surface area contributed by atoms with E-state index < -0.39 is 0 Å². The van der Waals surface area contributed by atoms with Gasteiger partial charge in [0.1, 0.15) is 0 Å². The third-order valence-corrected chi connectivity index (χ3v) is 3.34. The van der Waals surface area contributed by atoms with Gasteiger partial charge in [0, 0.05) is 13.2 Å². The fraction of sp³-hybridized carbons (Fsp3) is 0.400. The zero-order valence-electron chi connectivity index (χ0n) is 11.3. The fourth-order valence-electron chi connectivity index (χ4n) is 2.14. The van der Waals surface area contributed by atoms with Crippen molar-refractivity contribution < 1.29 is 0 Å². The van der Waals surface area contributed by atoms with Crippen molar-refractivity contribution >= 4 is 0 Å². The Morgan fingerprint density at radius 1 is 1.17 bits per heavy atom. The third-order valence-electron chi connectivity index (χ3n) is 3.34. The largest absolute Gasteiger partial charge is 0.322 e. The van der Waals surface area contributed by atoms with Crippen LogP contribution in [0.3, 0.4) is 0 Å². The summed E-state index contributed by atoms with van der Waals surface area (Å²) in [4.78, 5) is 0. The SMILES string of the molecule is CC(C)c1ccc(CC(N)c2ccnn2C)cc1. The van der Waals surface area contributed by atoms with E-state index in [0.29, 0.717) is 5.92 Å². The van der Waals surface area contributed by atoms with Gasteiger partial charge in [0.05, 0.1) is 11.7 Å². The maximum Gasteiger partial charge on any atom is 0.0551 e. The number of rotatable bonds is 4. The van der Waals surface area contributed by atoms with Gasteiger partial charge >= 0.3 is 0 Å². The Kier molecular flexibility index (Phi) is 3.82. The molecule has 96 valence electrons. The van der Waals surface area contributed by atoms with E-state index in [-0.39, 0.29) is 6.04 Å². The minimum Gasteiger partial charge on any atom is -0.322 e. The second-order valence-corrected chi connectivity index (χ2v) is 5.09. The maximum absolute atomic E-state index is 6.21. The minimum atomic E-state index is 0.00222. The summed E-state index contributed by atoms with van der Waals surface area (Å²) in [7, 11) is 1.93. The Morgan fingerprint density at radius 2 is 1.83 bits per heavy atom. The minimum absolute atomic E-state index is 0.00222. The molecule has 0 aliphatic heterocycles.